The highest BCUT2D eigenvalue weighted by atomic mass is 35.5. The van der Waals surface area contributed by atoms with E-state index >= 15 is 0 Å². The third-order valence-corrected chi connectivity index (χ3v) is 4.55. The van der Waals surface area contributed by atoms with Crippen LogP contribution < -0.4 is 15.5 Å². The molecule has 0 radical (unpaired) electrons. The smallest absolute Gasteiger partial charge is 0.329 e. The SMILES string of the molecule is Cc1ccc(NC(=O)C(=O)N/N=C/c2cccc(OCc3c(F)cccc3Cl)c2)cc1. The quantitative estimate of drug-likeness (QED) is 0.338. The van der Waals surface area contributed by atoms with Gasteiger partial charge in [-0.1, -0.05) is 47.5 Å². The second kappa shape index (κ2) is 10.4. The van der Waals surface area contributed by atoms with Crippen LogP contribution in [0.2, 0.25) is 5.02 Å². The first-order valence-corrected chi connectivity index (χ1v) is 9.67. The Morgan fingerprint density at radius 1 is 1.06 bits per heavy atom. The van der Waals surface area contributed by atoms with Gasteiger partial charge in [0.25, 0.3) is 0 Å². The van der Waals surface area contributed by atoms with Crippen molar-refractivity contribution in [2.75, 3.05) is 5.32 Å². The summed E-state index contributed by atoms with van der Waals surface area (Å²) >= 11 is 5.99. The Morgan fingerprint density at radius 2 is 1.81 bits per heavy atom. The molecule has 0 aliphatic carbocycles. The number of ether oxygens (including phenoxy) is 1. The zero-order valence-corrected chi connectivity index (χ0v) is 17.3. The molecule has 0 spiro atoms. The first-order valence-electron chi connectivity index (χ1n) is 9.29. The molecule has 8 heteroatoms. The molecule has 0 unspecified atom stereocenters. The first-order chi connectivity index (χ1) is 14.9. The fourth-order valence-corrected chi connectivity index (χ4v) is 2.77. The highest BCUT2D eigenvalue weighted by Crippen LogP contribution is 2.21. The van der Waals surface area contributed by atoms with E-state index in [-0.39, 0.29) is 17.2 Å². The molecule has 0 saturated carbocycles. The average molecular weight is 440 g/mol. The van der Waals surface area contributed by atoms with E-state index in [1.54, 1.807) is 42.5 Å². The van der Waals surface area contributed by atoms with Crippen molar-refractivity contribution in [2.24, 2.45) is 5.10 Å². The molecule has 3 aromatic carbocycles. The molecule has 2 amide bonds. The number of carbonyl (C=O) groups is 2. The van der Waals surface area contributed by atoms with E-state index in [9.17, 15) is 14.0 Å². The number of halogens is 2. The van der Waals surface area contributed by atoms with Crippen molar-refractivity contribution < 1.29 is 18.7 Å². The Hall–Kier alpha value is -3.71. The minimum Gasteiger partial charge on any atom is -0.489 e. The van der Waals surface area contributed by atoms with Gasteiger partial charge in [0, 0.05) is 11.3 Å². The molecular formula is C23H19ClFN3O3. The van der Waals surface area contributed by atoms with Crippen molar-refractivity contribution in [1.29, 1.82) is 0 Å². The van der Waals surface area contributed by atoms with Crippen LogP contribution in [0, 0.1) is 12.7 Å². The number of amides is 2. The number of aryl methyl sites for hydroxylation is 1. The minimum atomic E-state index is -0.904. The number of carbonyl (C=O) groups excluding carboxylic acids is 2. The summed E-state index contributed by atoms with van der Waals surface area (Å²) in [5.41, 5.74) is 4.58. The topological polar surface area (TPSA) is 79.8 Å². The van der Waals surface area contributed by atoms with Crippen LogP contribution in [-0.4, -0.2) is 18.0 Å². The maximum absolute atomic E-state index is 13.8. The molecule has 3 rings (SSSR count). The number of hydrogen-bond acceptors (Lipinski definition) is 4. The van der Waals surface area contributed by atoms with Crippen LogP contribution in [0.15, 0.2) is 71.8 Å². The molecule has 0 atom stereocenters. The van der Waals surface area contributed by atoms with Gasteiger partial charge in [-0.2, -0.15) is 5.10 Å². The van der Waals surface area contributed by atoms with E-state index in [2.05, 4.69) is 15.8 Å². The first kappa shape index (κ1) is 22.0. The molecule has 2 N–H and O–H groups in total. The molecule has 0 fully saturated rings. The van der Waals surface area contributed by atoms with Gasteiger partial charge in [-0.15, -0.1) is 0 Å². The molecule has 0 aliphatic heterocycles. The van der Waals surface area contributed by atoms with Gasteiger partial charge >= 0.3 is 11.8 Å². The molecule has 0 heterocycles. The summed E-state index contributed by atoms with van der Waals surface area (Å²) < 4.78 is 19.4. The van der Waals surface area contributed by atoms with Crippen molar-refractivity contribution in [2.45, 2.75) is 13.5 Å². The van der Waals surface area contributed by atoms with Gasteiger partial charge in [0.2, 0.25) is 0 Å². The lowest BCUT2D eigenvalue weighted by Crippen LogP contribution is -2.32. The van der Waals surface area contributed by atoms with E-state index in [0.717, 1.165) is 5.56 Å². The number of rotatable bonds is 6. The van der Waals surface area contributed by atoms with Crippen LogP contribution in [0.25, 0.3) is 0 Å². The summed E-state index contributed by atoms with van der Waals surface area (Å²) in [4.78, 5) is 23.8. The molecule has 0 bridgehead atoms. The Bertz CT molecular complexity index is 1100. The van der Waals surface area contributed by atoms with E-state index in [4.69, 9.17) is 16.3 Å². The van der Waals surface area contributed by atoms with E-state index in [1.165, 1.54) is 18.3 Å². The number of benzene rings is 3. The second-order valence-electron chi connectivity index (χ2n) is 6.58. The van der Waals surface area contributed by atoms with Gasteiger partial charge in [-0.05, 0) is 48.9 Å². The zero-order chi connectivity index (χ0) is 22.2. The van der Waals surface area contributed by atoms with Crippen molar-refractivity contribution in [3.8, 4) is 5.75 Å². The van der Waals surface area contributed by atoms with Crippen LogP contribution in [0.5, 0.6) is 5.75 Å². The summed E-state index contributed by atoms with van der Waals surface area (Å²) in [6, 6.07) is 18.2. The number of anilines is 1. The fourth-order valence-electron chi connectivity index (χ4n) is 2.55. The highest BCUT2D eigenvalue weighted by molar-refractivity contribution is 6.39. The Morgan fingerprint density at radius 3 is 2.55 bits per heavy atom. The van der Waals surface area contributed by atoms with Crippen LogP contribution >= 0.6 is 11.6 Å². The lowest BCUT2D eigenvalue weighted by molar-refractivity contribution is -0.136. The summed E-state index contributed by atoms with van der Waals surface area (Å²) in [7, 11) is 0. The van der Waals surface area contributed by atoms with Crippen LogP contribution in [-0.2, 0) is 16.2 Å². The van der Waals surface area contributed by atoms with E-state index in [0.29, 0.717) is 17.0 Å². The molecule has 0 saturated heterocycles. The molecule has 31 heavy (non-hydrogen) atoms. The maximum Gasteiger partial charge on any atom is 0.329 e. The van der Waals surface area contributed by atoms with Crippen molar-refractivity contribution in [3.05, 3.63) is 94.3 Å². The Balaban J connectivity index is 1.54. The number of nitrogens with zero attached hydrogens (tertiary/aromatic N) is 1. The van der Waals surface area contributed by atoms with Gasteiger partial charge in [0.1, 0.15) is 18.2 Å². The van der Waals surface area contributed by atoms with Crippen LogP contribution in [0.4, 0.5) is 10.1 Å². The third kappa shape index (κ3) is 6.38. The van der Waals surface area contributed by atoms with E-state index < -0.39 is 17.6 Å². The van der Waals surface area contributed by atoms with Gasteiger partial charge < -0.3 is 10.1 Å². The average Bonchev–Trinajstić information content (AvgIpc) is 2.75. The number of hydrogen-bond donors (Lipinski definition) is 2. The van der Waals surface area contributed by atoms with Gasteiger partial charge in [0.05, 0.1) is 11.2 Å². The van der Waals surface area contributed by atoms with Crippen molar-refractivity contribution in [1.82, 2.24) is 5.43 Å². The van der Waals surface area contributed by atoms with Crippen LogP contribution in [0.1, 0.15) is 16.7 Å². The fraction of sp³-hybridized carbons (Fsp3) is 0.0870. The monoisotopic (exact) mass is 439 g/mol. The molecule has 3 aromatic rings. The maximum atomic E-state index is 13.8. The van der Waals surface area contributed by atoms with Gasteiger partial charge in [0.15, 0.2) is 0 Å². The molecular weight excluding hydrogens is 421 g/mol. The molecule has 0 aliphatic rings. The summed E-state index contributed by atoms with van der Waals surface area (Å²) in [5, 5.41) is 6.55. The van der Waals surface area contributed by atoms with Crippen molar-refractivity contribution in [3.63, 3.8) is 0 Å². The Labute approximate surface area is 183 Å². The van der Waals surface area contributed by atoms with Gasteiger partial charge in [-0.3, -0.25) is 9.59 Å². The summed E-state index contributed by atoms with van der Waals surface area (Å²) in [6.07, 6.45) is 1.36. The molecule has 0 aromatic heterocycles. The molecule has 158 valence electrons. The minimum absolute atomic E-state index is 0.0397. The predicted octanol–water partition coefficient (Wildman–Crippen LogP) is 4.46. The largest absolute Gasteiger partial charge is 0.489 e. The third-order valence-electron chi connectivity index (χ3n) is 4.20. The number of nitrogens with one attached hydrogen (secondary N) is 2. The summed E-state index contributed by atoms with van der Waals surface area (Å²) in [5.74, 6) is -1.72. The molecule has 6 nitrogen and oxygen atoms in total. The lowest BCUT2D eigenvalue weighted by Gasteiger charge is -2.09. The van der Waals surface area contributed by atoms with E-state index in [1.807, 2.05) is 19.1 Å². The highest BCUT2D eigenvalue weighted by Gasteiger charge is 2.12. The number of hydrazone groups is 1. The Kier molecular flexibility index (Phi) is 7.35. The lowest BCUT2D eigenvalue weighted by atomic mass is 10.2. The van der Waals surface area contributed by atoms with Gasteiger partial charge in [-0.25, -0.2) is 9.82 Å². The standard InChI is InChI=1S/C23H19ClFN3O3/c1-15-8-10-17(11-9-15)27-22(29)23(30)28-26-13-16-4-2-5-18(12-16)31-14-19-20(24)6-3-7-21(19)25/h2-13H,14H2,1H3,(H,27,29)(H,28,30)/b26-13+. The predicted molar refractivity (Wildman–Crippen MR) is 118 cm³/mol. The van der Waals surface area contributed by atoms with Crippen molar-refractivity contribution >= 4 is 35.3 Å². The van der Waals surface area contributed by atoms with Crippen LogP contribution in [0.3, 0.4) is 0 Å². The normalized spacial score (nSPS) is 10.7. The summed E-state index contributed by atoms with van der Waals surface area (Å²) in [6.45, 7) is 1.88. The second-order valence-corrected chi connectivity index (χ2v) is 6.99. The zero-order valence-electron chi connectivity index (χ0n) is 16.6.